The smallest absolute Gasteiger partial charge is 0.448 e. The normalized spacial score (nSPS) is 20.5. The van der Waals surface area contributed by atoms with Gasteiger partial charge in [0.1, 0.15) is 18.5 Å². The van der Waals surface area contributed by atoms with E-state index in [0.29, 0.717) is 31.4 Å². The molecule has 11 heteroatoms. The lowest BCUT2D eigenvalue weighted by Crippen LogP contribution is -2.42. The lowest BCUT2D eigenvalue weighted by Gasteiger charge is -2.35. The Labute approximate surface area is 229 Å². The number of benzene rings is 3. The van der Waals surface area contributed by atoms with Gasteiger partial charge in [-0.1, -0.05) is 60.7 Å². The SMILES string of the molecule is O=C(OCC1c2ccccc2-c2ccccc21)N1CCC[C@H]1[C@@H]1OCCc2cccc(OS(=O)(=O)C(F)(F)F)c21. The fourth-order valence-corrected chi connectivity index (χ4v) is 6.54. The van der Waals surface area contributed by atoms with Crippen molar-refractivity contribution in [3.63, 3.8) is 0 Å². The first-order valence-electron chi connectivity index (χ1n) is 13.0. The van der Waals surface area contributed by atoms with Crippen molar-refractivity contribution in [3.05, 3.63) is 89.0 Å². The van der Waals surface area contributed by atoms with Crippen molar-refractivity contribution < 1.29 is 40.0 Å². The summed E-state index contributed by atoms with van der Waals surface area (Å²) >= 11 is 0. The van der Waals surface area contributed by atoms with Crippen molar-refractivity contribution >= 4 is 16.2 Å². The third-order valence-corrected chi connectivity index (χ3v) is 8.78. The number of carbonyl (C=O) groups excluding carboxylic acids is 1. The summed E-state index contributed by atoms with van der Waals surface area (Å²) in [6.45, 7) is 0.763. The first-order valence-corrected chi connectivity index (χ1v) is 14.4. The van der Waals surface area contributed by atoms with Crippen LogP contribution in [0.4, 0.5) is 18.0 Å². The van der Waals surface area contributed by atoms with Crippen LogP contribution in [-0.4, -0.2) is 50.7 Å². The monoisotopic (exact) mass is 573 g/mol. The van der Waals surface area contributed by atoms with Gasteiger partial charge in [0.05, 0.1) is 12.6 Å². The van der Waals surface area contributed by atoms with E-state index >= 15 is 0 Å². The van der Waals surface area contributed by atoms with Crippen LogP contribution in [0.15, 0.2) is 66.7 Å². The fourth-order valence-electron chi connectivity index (χ4n) is 6.06. The van der Waals surface area contributed by atoms with Gasteiger partial charge in [0, 0.05) is 18.0 Å². The van der Waals surface area contributed by atoms with E-state index in [-0.39, 0.29) is 24.7 Å². The molecule has 7 nitrogen and oxygen atoms in total. The molecule has 3 aromatic carbocycles. The Morgan fingerprint density at radius 1 is 0.975 bits per heavy atom. The predicted octanol–water partition coefficient (Wildman–Crippen LogP) is 5.94. The van der Waals surface area contributed by atoms with Gasteiger partial charge in [-0.25, -0.2) is 4.79 Å². The summed E-state index contributed by atoms with van der Waals surface area (Å²) in [5.74, 6) is -0.574. The summed E-state index contributed by atoms with van der Waals surface area (Å²) in [6.07, 6.45) is 0.0859. The predicted molar refractivity (Wildman–Crippen MR) is 139 cm³/mol. The summed E-state index contributed by atoms with van der Waals surface area (Å²) in [6, 6.07) is 19.7. The number of ether oxygens (including phenoxy) is 2. The minimum Gasteiger partial charge on any atom is -0.448 e. The van der Waals surface area contributed by atoms with E-state index in [1.54, 1.807) is 6.07 Å². The molecule has 1 amide bonds. The van der Waals surface area contributed by atoms with Crippen LogP contribution in [0.5, 0.6) is 5.75 Å². The summed E-state index contributed by atoms with van der Waals surface area (Å²) < 4.78 is 79.3. The quantitative estimate of drug-likeness (QED) is 0.278. The van der Waals surface area contributed by atoms with Gasteiger partial charge < -0.3 is 18.6 Å². The third kappa shape index (κ3) is 4.60. The largest absolute Gasteiger partial charge is 0.534 e. The van der Waals surface area contributed by atoms with Gasteiger partial charge in [-0.3, -0.25) is 0 Å². The molecule has 0 bridgehead atoms. The number of hydrogen-bond donors (Lipinski definition) is 0. The van der Waals surface area contributed by atoms with Crippen molar-refractivity contribution in [2.75, 3.05) is 19.8 Å². The molecule has 3 aromatic rings. The number of halogens is 3. The van der Waals surface area contributed by atoms with Crippen LogP contribution in [-0.2, 0) is 26.0 Å². The molecule has 6 rings (SSSR count). The molecule has 0 radical (unpaired) electrons. The lowest BCUT2D eigenvalue weighted by atomic mass is 9.91. The Bertz CT molecular complexity index is 1510. The Kier molecular flexibility index (Phi) is 6.74. The average molecular weight is 574 g/mol. The minimum absolute atomic E-state index is 0.121. The Hall–Kier alpha value is -3.57. The zero-order valence-corrected chi connectivity index (χ0v) is 22.1. The second kappa shape index (κ2) is 10.1. The maximum Gasteiger partial charge on any atom is 0.534 e. The molecule has 1 aliphatic carbocycles. The fraction of sp³-hybridized carbons (Fsp3) is 0.345. The molecule has 0 N–H and O–H groups in total. The third-order valence-electron chi connectivity index (χ3n) is 7.81. The van der Waals surface area contributed by atoms with E-state index in [1.807, 2.05) is 48.5 Å². The van der Waals surface area contributed by atoms with Crippen LogP contribution < -0.4 is 4.18 Å². The molecule has 2 aliphatic heterocycles. The zero-order chi connectivity index (χ0) is 28.1. The summed E-state index contributed by atoms with van der Waals surface area (Å²) in [5, 5.41) is 0. The molecule has 3 aliphatic rings. The van der Waals surface area contributed by atoms with Crippen LogP contribution >= 0.6 is 0 Å². The van der Waals surface area contributed by atoms with Gasteiger partial charge in [0.15, 0.2) is 0 Å². The topological polar surface area (TPSA) is 82.1 Å². The van der Waals surface area contributed by atoms with Crippen LogP contribution in [0.2, 0.25) is 0 Å². The molecule has 2 atom stereocenters. The first-order chi connectivity index (χ1) is 19.2. The summed E-state index contributed by atoms with van der Waals surface area (Å²) in [7, 11) is -5.89. The van der Waals surface area contributed by atoms with E-state index < -0.39 is 39.6 Å². The second-order valence-electron chi connectivity index (χ2n) is 10.1. The Morgan fingerprint density at radius 2 is 1.65 bits per heavy atom. The number of rotatable bonds is 5. The van der Waals surface area contributed by atoms with E-state index in [2.05, 4.69) is 4.18 Å². The number of carbonyl (C=O) groups is 1. The highest BCUT2D eigenvalue weighted by Gasteiger charge is 2.50. The minimum atomic E-state index is -5.89. The first kappa shape index (κ1) is 26.6. The van der Waals surface area contributed by atoms with Crippen LogP contribution in [0.25, 0.3) is 11.1 Å². The maximum atomic E-state index is 13.4. The lowest BCUT2D eigenvalue weighted by molar-refractivity contribution is -0.0503. The molecule has 0 unspecified atom stereocenters. The molecule has 0 saturated carbocycles. The number of fused-ring (bicyclic) bond motifs is 4. The second-order valence-corrected chi connectivity index (χ2v) is 11.6. The zero-order valence-electron chi connectivity index (χ0n) is 21.3. The van der Waals surface area contributed by atoms with Crippen LogP contribution in [0, 0.1) is 0 Å². The van der Waals surface area contributed by atoms with E-state index in [4.69, 9.17) is 9.47 Å². The molecule has 0 spiro atoms. The molecule has 1 saturated heterocycles. The molecular formula is C29H26F3NO6S. The Balaban J connectivity index is 1.24. The average Bonchev–Trinajstić information content (AvgIpc) is 3.54. The van der Waals surface area contributed by atoms with Crippen LogP contribution in [0.3, 0.4) is 0 Å². The highest BCUT2D eigenvalue weighted by atomic mass is 32.2. The summed E-state index contributed by atoms with van der Waals surface area (Å²) in [4.78, 5) is 14.9. The van der Waals surface area contributed by atoms with Gasteiger partial charge in [-0.15, -0.1) is 0 Å². The number of amides is 1. The van der Waals surface area contributed by atoms with Gasteiger partial charge in [-0.2, -0.15) is 21.6 Å². The van der Waals surface area contributed by atoms with Crippen molar-refractivity contribution in [2.45, 2.75) is 42.8 Å². The maximum absolute atomic E-state index is 13.4. The van der Waals surface area contributed by atoms with Gasteiger partial charge in [0.2, 0.25) is 0 Å². The molecule has 1 fully saturated rings. The molecule has 0 aromatic heterocycles. The van der Waals surface area contributed by atoms with Gasteiger partial charge in [-0.05, 0) is 53.1 Å². The highest BCUT2D eigenvalue weighted by Crippen LogP contribution is 2.45. The van der Waals surface area contributed by atoms with Crippen molar-refractivity contribution in [1.82, 2.24) is 4.90 Å². The van der Waals surface area contributed by atoms with Crippen LogP contribution in [0.1, 0.15) is 47.1 Å². The van der Waals surface area contributed by atoms with Crippen molar-refractivity contribution in [2.24, 2.45) is 0 Å². The Morgan fingerprint density at radius 3 is 2.33 bits per heavy atom. The standard InChI is InChI=1S/C29H26F3NO6S/c30-29(31,32)40(35,36)39-25-13-5-7-18-14-16-37-27(26(18)25)24-12-6-15-33(24)28(34)38-17-23-21-10-3-1-8-19(21)20-9-2-4-11-22(20)23/h1-5,7-11,13,23-24,27H,6,12,14-17H2/t24-,27-/m0/s1. The van der Waals surface area contributed by atoms with E-state index in [0.717, 1.165) is 22.3 Å². The van der Waals surface area contributed by atoms with Gasteiger partial charge >= 0.3 is 21.7 Å². The van der Waals surface area contributed by atoms with E-state index in [1.165, 1.54) is 17.0 Å². The number of nitrogens with zero attached hydrogens (tertiary/aromatic N) is 1. The summed E-state index contributed by atoms with van der Waals surface area (Å²) in [5.41, 5.74) is -0.395. The van der Waals surface area contributed by atoms with Crippen molar-refractivity contribution in [1.29, 1.82) is 0 Å². The number of hydrogen-bond acceptors (Lipinski definition) is 6. The number of likely N-dealkylation sites (tertiary alicyclic amines) is 1. The highest BCUT2D eigenvalue weighted by molar-refractivity contribution is 7.88. The molecule has 2 heterocycles. The number of alkyl halides is 3. The van der Waals surface area contributed by atoms with E-state index in [9.17, 15) is 26.4 Å². The molecule has 210 valence electrons. The molecule has 40 heavy (non-hydrogen) atoms. The van der Waals surface area contributed by atoms with Crippen molar-refractivity contribution in [3.8, 4) is 16.9 Å². The van der Waals surface area contributed by atoms with Gasteiger partial charge in [0.25, 0.3) is 0 Å². The molecular weight excluding hydrogens is 547 g/mol.